The van der Waals surface area contributed by atoms with Gasteiger partial charge in [0.1, 0.15) is 6.10 Å². The van der Waals surface area contributed by atoms with Crippen LogP contribution in [0.3, 0.4) is 0 Å². The fraction of sp³-hybridized carbons (Fsp3) is 0.900. The van der Waals surface area contributed by atoms with Gasteiger partial charge in [0, 0.05) is 19.3 Å². The Morgan fingerprint density at radius 1 is 1.46 bits per heavy atom. The highest BCUT2D eigenvalue weighted by Gasteiger charge is 2.31. The smallest absolute Gasteiger partial charge is 0.140 e. The number of hydrogen-bond acceptors (Lipinski definition) is 3. The topological polar surface area (TPSA) is 24.8 Å². The summed E-state index contributed by atoms with van der Waals surface area (Å²) in [6.07, 6.45) is 6.02. The SMILES string of the molecule is CC=NOC1CC2CCCN(C2)C1. The number of oxime groups is 1. The Morgan fingerprint density at radius 2 is 2.38 bits per heavy atom. The Bertz CT molecular complexity index is 181. The van der Waals surface area contributed by atoms with Crippen molar-refractivity contribution < 1.29 is 4.84 Å². The molecule has 3 atom stereocenters. The summed E-state index contributed by atoms with van der Waals surface area (Å²) in [5.41, 5.74) is 0. The molecule has 2 fully saturated rings. The molecule has 3 unspecified atom stereocenters. The molecule has 3 heteroatoms. The van der Waals surface area contributed by atoms with E-state index in [9.17, 15) is 0 Å². The summed E-state index contributed by atoms with van der Waals surface area (Å²) in [5, 5.41) is 3.87. The van der Waals surface area contributed by atoms with Crippen molar-refractivity contribution in [1.29, 1.82) is 0 Å². The first-order valence-corrected chi connectivity index (χ1v) is 5.24. The lowest BCUT2D eigenvalue weighted by molar-refractivity contribution is -0.0316. The first kappa shape index (κ1) is 9.00. The highest BCUT2D eigenvalue weighted by Crippen LogP contribution is 2.27. The molecule has 2 saturated heterocycles. The van der Waals surface area contributed by atoms with Gasteiger partial charge in [-0.25, -0.2) is 0 Å². The second-order valence-electron chi connectivity index (χ2n) is 4.09. The van der Waals surface area contributed by atoms with E-state index in [0.29, 0.717) is 6.10 Å². The van der Waals surface area contributed by atoms with Crippen molar-refractivity contribution in [2.24, 2.45) is 11.1 Å². The third kappa shape index (κ3) is 2.21. The van der Waals surface area contributed by atoms with Crippen molar-refractivity contribution in [3.63, 3.8) is 0 Å². The van der Waals surface area contributed by atoms with Gasteiger partial charge in [0.2, 0.25) is 0 Å². The summed E-state index contributed by atoms with van der Waals surface area (Å²) >= 11 is 0. The number of rotatable bonds is 2. The van der Waals surface area contributed by atoms with Gasteiger partial charge in [-0.05, 0) is 38.6 Å². The minimum atomic E-state index is 0.343. The Morgan fingerprint density at radius 3 is 3.15 bits per heavy atom. The molecule has 13 heavy (non-hydrogen) atoms. The van der Waals surface area contributed by atoms with Gasteiger partial charge in [0.25, 0.3) is 0 Å². The molecule has 2 bridgehead atoms. The first-order valence-electron chi connectivity index (χ1n) is 5.24. The molecule has 2 aliphatic heterocycles. The van der Waals surface area contributed by atoms with Crippen molar-refractivity contribution >= 4 is 6.21 Å². The Kier molecular flexibility index (Phi) is 2.83. The monoisotopic (exact) mass is 182 g/mol. The fourth-order valence-corrected chi connectivity index (χ4v) is 2.47. The lowest BCUT2D eigenvalue weighted by Crippen LogP contribution is -2.47. The molecule has 74 valence electrons. The van der Waals surface area contributed by atoms with Crippen LogP contribution in [0.15, 0.2) is 5.16 Å². The number of piperidine rings is 2. The summed E-state index contributed by atoms with van der Waals surface area (Å²) in [6.45, 7) is 5.51. The molecule has 2 heterocycles. The minimum Gasteiger partial charge on any atom is -0.391 e. The van der Waals surface area contributed by atoms with Gasteiger partial charge >= 0.3 is 0 Å². The van der Waals surface area contributed by atoms with Gasteiger partial charge in [-0.2, -0.15) is 0 Å². The molecular weight excluding hydrogens is 164 g/mol. The largest absolute Gasteiger partial charge is 0.391 e. The van der Waals surface area contributed by atoms with E-state index in [1.165, 1.54) is 32.4 Å². The van der Waals surface area contributed by atoms with Gasteiger partial charge < -0.3 is 4.84 Å². The van der Waals surface area contributed by atoms with Crippen molar-refractivity contribution in [2.75, 3.05) is 19.6 Å². The lowest BCUT2D eigenvalue weighted by atomic mass is 9.88. The predicted molar refractivity (Wildman–Crippen MR) is 52.8 cm³/mol. The molecule has 2 rings (SSSR count). The van der Waals surface area contributed by atoms with Crippen molar-refractivity contribution in [3.8, 4) is 0 Å². The molecule has 0 amide bonds. The van der Waals surface area contributed by atoms with Gasteiger partial charge in [-0.15, -0.1) is 0 Å². The highest BCUT2D eigenvalue weighted by atomic mass is 16.6. The highest BCUT2D eigenvalue weighted by molar-refractivity contribution is 5.52. The Labute approximate surface area is 79.7 Å². The second kappa shape index (κ2) is 4.09. The van der Waals surface area contributed by atoms with Gasteiger partial charge in [0.05, 0.1) is 0 Å². The van der Waals surface area contributed by atoms with Crippen LogP contribution < -0.4 is 0 Å². The molecule has 0 saturated carbocycles. The third-order valence-corrected chi connectivity index (χ3v) is 2.98. The van der Waals surface area contributed by atoms with E-state index in [1.54, 1.807) is 6.21 Å². The maximum absolute atomic E-state index is 5.40. The summed E-state index contributed by atoms with van der Waals surface area (Å²) in [5.74, 6) is 0.861. The zero-order valence-electron chi connectivity index (χ0n) is 8.28. The molecular formula is C10H18N2O. The zero-order chi connectivity index (χ0) is 9.10. The van der Waals surface area contributed by atoms with E-state index in [4.69, 9.17) is 4.84 Å². The quantitative estimate of drug-likeness (QED) is 0.477. The summed E-state index contributed by atoms with van der Waals surface area (Å²) in [6, 6.07) is 0. The number of hydrogen-bond donors (Lipinski definition) is 0. The second-order valence-corrected chi connectivity index (χ2v) is 4.09. The maximum atomic E-state index is 5.40. The minimum absolute atomic E-state index is 0.343. The van der Waals surface area contributed by atoms with Crippen LogP contribution in [-0.2, 0) is 4.84 Å². The number of fused-ring (bicyclic) bond motifs is 2. The van der Waals surface area contributed by atoms with E-state index >= 15 is 0 Å². The van der Waals surface area contributed by atoms with Crippen LogP contribution in [0.2, 0.25) is 0 Å². The van der Waals surface area contributed by atoms with E-state index < -0.39 is 0 Å². The predicted octanol–water partition coefficient (Wildman–Crippen LogP) is 1.49. The van der Waals surface area contributed by atoms with E-state index in [1.807, 2.05) is 6.92 Å². The maximum Gasteiger partial charge on any atom is 0.140 e. The lowest BCUT2D eigenvalue weighted by Gasteiger charge is -2.40. The third-order valence-electron chi connectivity index (χ3n) is 2.98. The molecule has 0 aromatic heterocycles. The molecule has 0 spiro atoms. The molecule has 0 aromatic carbocycles. The summed E-state index contributed by atoms with van der Waals surface area (Å²) in [7, 11) is 0. The van der Waals surface area contributed by atoms with Crippen LogP contribution in [-0.4, -0.2) is 36.9 Å². The van der Waals surface area contributed by atoms with Crippen LogP contribution in [0.5, 0.6) is 0 Å². The van der Waals surface area contributed by atoms with Crippen LogP contribution in [0, 0.1) is 5.92 Å². The van der Waals surface area contributed by atoms with Crippen LogP contribution in [0.25, 0.3) is 0 Å². The zero-order valence-corrected chi connectivity index (χ0v) is 8.28. The van der Waals surface area contributed by atoms with Crippen LogP contribution in [0.4, 0.5) is 0 Å². The van der Waals surface area contributed by atoms with Gasteiger partial charge in [0.15, 0.2) is 0 Å². The van der Waals surface area contributed by atoms with Gasteiger partial charge in [-0.3, -0.25) is 4.90 Å². The average molecular weight is 182 g/mol. The summed E-state index contributed by atoms with van der Waals surface area (Å²) < 4.78 is 0. The van der Waals surface area contributed by atoms with Crippen molar-refractivity contribution in [1.82, 2.24) is 4.90 Å². The molecule has 0 radical (unpaired) electrons. The van der Waals surface area contributed by atoms with Crippen molar-refractivity contribution in [2.45, 2.75) is 32.3 Å². The Balaban J connectivity index is 1.86. The van der Waals surface area contributed by atoms with E-state index in [0.717, 1.165) is 12.5 Å². The molecule has 3 nitrogen and oxygen atoms in total. The van der Waals surface area contributed by atoms with Crippen molar-refractivity contribution in [3.05, 3.63) is 0 Å². The number of nitrogens with zero attached hydrogens (tertiary/aromatic N) is 2. The standard InChI is InChI=1S/C10H18N2O/c1-2-11-13-10-6-9-4-3-5-12(7-9)8-10/h2,9-10H,3-8H2,1H3. The fourth-order valence-electron chi connectivity index (χ4n) is 2.47. The molecule has 0 aromatic rings. The van der Waals surface area contributed by atoms with Gasteiger partial charge in [-0.1, -0.05) is 5.16 Å². The normalized spacial score (nSPS) is 39.3. The van der Waals surface area contributed by atoms with Crippen LogP contribution >= 0.6 is 0 Å². The molecule has 0 aliphatic carbocycles. The molecule has 2 aliphatic rings. The first-order chi connectivity index (χ1) is 6.38. The van der Waals surface area contributed by atoms with E-state index in [2.05, 4.69) is 10.1 Å². The average Bonchev–Trinajstić information content (AvgIpc) is 2.14. The molecule has 0 N–H and O–H groups in total. The summed E-state index contributed by atoms with van der Waals surface area (Å²) in [4.78, 5) is 7.90. The Hall–Kier alpha value is -0.570. The van der Waals surface area contributed by atoms with E-state index in [-0.39, 0.29) is 0 Å². The van der Waals surface area contributed by atoms with Crippen LogP contribution in [0.1, 0.15) is 26.2 Å².